The van der Waals surface area contributed by atoms with E-state index in [2.05, 4.69) is 0 Å². The summed E-state index contributed by atoms with van der Waals surface area (Å²) in [6.45, 7) is 1.40. The zero-order valence-corrected chi connectivity index (χ0v) is 11.4. The molecule has 0 N–H and O–H groups in total. The quantitative estimate of drug-likeness (QED) is 0.851. The molecule has 1 aliphatic heterocycles. The lowest BCUT2D eigenvalue weighted by Crippen LogP contribution is -2.39. The van der Waals surface area contributed by atoms with Gasteiger partial charge in [0.15, 0.2) is 0 Å². The van der Waals surface area contributed by atoms with Crippen LogP contribution in [0.15, 0.2) is 24.3 Å². The van der Waals surface area contributed by atoms with Gasteiger partial charge in [-0.1, -0.05) is 17.7 Å². The van der Waals surface area contributed by atoms with Gasteiger partial charge in [0.05, 0.1) is 13.0 Å². The maximum atomic E-state index is 11.9. The first-order chi connectivity index (χ1) is 9.15. The van der Waals surface area contributed by atoms with Crippen molar-refractivity contribution >= 4 is 23.3 Å². The minimum atomic E-state index is 0.0366. The van der Waals surface area contributed by atoms with E-state index in [-0.39, 0.29) is 11.7 Å². The molecule has 4 nitrogen and oxygen atoms in total. The number of Topliss-reactive ketones (excluding diaryl/α,β-unsaturated/α-hetero) is 1. The van der Waals surface area contributed by atoms with Gasteiger partial charge in [0, 0.05) is 31.0 Å². The second-order valence-electron chi connectivity index (χ2n) is 4.48. The normalized spacial score (nSPS) is 15.4. The fourth-order valence-corrected chi connectivity index (χ4v) is 2.16. The number of likely N-dealkylation sites (tertiary alicyclic amines) is 1. The van der Waals surface area contributed by atoms with Gasteiger partial charge >= 0.3 is 0 Å². The van der Waals surface area contributed by atoms with Crippen LogP contribution in [0.3, 0.4) is 0 Å². The van der Waals surface area contributed by atoms with E-state index in [0.717, 1.165) is 0 Å². The van der Waals surface area contributed by atoms with E-state index in [1.54, 1.807) is 29.2 Å². The van der Waals surface area contributed by atoms with Gasteiger partial charge in [0.2, 0.25) is 5.91 Å². The summed E-state index contributed by atoms with van der Waals surface area (Å²) < 4.78 is 5.47. The van der Waals surface area contributed by atoms with E-state index in [4.69, 9.17) is 16.3 Å². The average molecular weight is 282 g/mol. The first-order valence-corrected chi connectivity index (χ1v) is 6.71. The molecule has 19 heavy (non-hydrogen) atoms. The molecule has 0 atom stereocenters. The summed E-state index contributed by atoms with van der Waals surface area (Å²) in [4.78, 5) is 24.7. The molecule has 1 aromatic rings. The Balaban J connectivity index is 1.73. The van der Waals surface area contributed by atoms with Crippen molar-refractivity contribution in [1.82, 2.24) is 4.90 Å². The smallest absolute Gasteiger partial charge is 0.226 e. The third-order valence-electron chi connectivity index (χ3n) is 3.05. The highest BCUT2D eigenvalue weighted by atomic mass is 35.5. The third-order valence-corrected chi connectivity index (χ3v) is 3.29. The van der Waals surface area contributed by atoms with Crippen molar-refractivity contribution < 1.29 is 14.3 Å². The number of halogens is 1. The van der Waals surface area contributed by atoms with Crippen molar-refractivity contribution in [2.75, 3.05) is 19.7 Å². The van der Waals surface area contributed by atoms with Crippen molar-refractivity contribution in [2.24, 2.45) is 0 Å². The molecule has 0 saturated carbocycles. The first-order valence-electron chi connectivity index (χ1n) is 6.33. The fourth-order valence-electron chi connectivity index (χ4n) is 1.98. The molecule has 2 rings (SSSR count). The largest absolute Gasteiger partial charge is 0.493 e. The van der Waals surface area contributed by atoms with Crippen molar-refractivity contribution in [3.8, 4) is 5.75 Å². The molecule has 0 aromatic heterocycles. The second kappa shape index (κ2) is 6.57. The molecule has 1 aromatic carbocycles. The molecule has 1 saturated heterocycles. The number of hydrogen-bond donors (Lipinski definition) is 0. The van der Waals surface area contributed by atoms with E-state index in [9.17, 15) is 9.59 Å². The van der Waals surface area contributed by atoms with Crippen molar-refractivity contribution in [1.29, 1.82) is 0 Å². The number of ketones is 1. The van der Waals surface area contributed by atoms with Crippen LogP contribution in [0.4, 0.5) is 0 Å². The summed E-state index contributed by atoms with van der Waals surface area (Å²) in [5.74, 6) is 0.933. The predicted molar refractivity (Wildman–Crippen MR) is 72.4 cm³/mol. The van der Waals surface area contributed by atoms with Gasteiger partial charge in [-0.2, -0.15) is 0 Å². The van der Waals surface area contributed by atoms with Gasteiger partial charge in [-0.3, -0.25) is 9.59 Å². The van der Waals surface area contributed by atoms with Gasteiger partial charge in [-0.05, 0) is 18.2 Å². The zero-order valence-electron chi connectivity index (χ0n) is 10.6. The van der Waals surface area contributed by atoms with E-state index in [0.29, 0.717) is 49.7 Å². The Bertz CT molecular complexity index is 466. The van der Waals surface area contributed by atoms with E-state index < -0.39 is 0 Å². The SMILES string of the molecule is O=C1CCN(C(=O)CCOc2cccc(Cl)c2)CC1. The fraction of sp³-hybridized carbons (Fsp3) is 0.429. The van der Waals surface area contributed by atoms with Gasteiger partial charge in [0.25, 0.3) is 0 Å². The minimum absolute atomic E-state index is 0.0366. The highest BCUT2D eigenvalue weighted by Gasteiger charge is 2.20. The molecule has 102 valence electrons. The van der Waals surface area contributed by atoms with Crippen LogP contribution in [-0.2, 0) is 9.59 Å². The number of ether oxygens (including phenoxy) is 1. The van der Waals surface area contributed by atoms with Crippen LogP contribution >= 0.6 is 11.6 Å². The molecule has 5 heteroatoms. The van der Waals surface area contributed by atoms with E-state index in [1.165, 1.54) is 0 Å². The Morgan fingerprint density at radius 2 is 2.05 bits per heavy atom. The summed E-state index contributed by atoms with van der Waals surface area (Å²) in [7, 11) is 0. The molecule has 1 heterocycles. The summed E-state index contributed by atoms with van der Waals surface area (Å²) >= 11 is 5.83. The lowest BCUT2D eigenvalue weighted by atomic mass is 10.1. The standard InChI is InChI=1S/C14H16ClNO3/c15-11-2-1-3-13(10-11)19-9-6-14(18)16-7-4-12(17)5-8-16/h1-3,10H,4-9H2. The molecule has 1 aliphatic rings. The maximum Gasteiger partial charge on any atom is 0.226 e. The van der Waals surface area contributed by atoms with Crippen molar-refractivity contribution in [3.63, 3.8) is 0 Å². The molecule has 0 spiro atoms. The molecular formula is C14H16ClNO3. The van der Waals surface area contributed by atoms with Crippen LogP contribution in [0.5, 0.6) is 5.75 Å². The molecule has 1 amide bonds. The summed E-state index contributed by atoms with van der Waals surface area (Å²) in [5, 5.41) is 0.610. The van der Waals surface area contributed by atoms with Gasteiger partial charge in [-0.15, -0.1) is 0 Å². The predicted octanol–water partition coefficient (Wildman–Crippen LogP) is 2.30. The summed E-state index contributed by atoms with van der Waals surface area (Å²) in [6, 6.07) is 7.08. The Hall–Kier alpha value is -1.55. The van der Waals surface area contributed by atoms with Gasteiger partial charge in [0.1, 0.15) is 11.5 Å². The van der Waals surface area contributed by atoms with Crippen LogP contribution in [0.25, 0.3) is 0 Å². The Morgan fingerprint density at radius 3 is 2.74 bits per heavy atom. The van der Waals surface area contributed by atoms with Crippen LogP contribution in [0, 0.1) is 0 Å². The number of carbonyl (C=O) groups is 2. The van der Waals surface area contributed by atoms with Crippen LogP contribution in [0.2, 0.25) is 5.02 Å². The summed E-state index contributed by atoms with van der Waals surface area (Å²) in [6.07, 6.45) is 1.27. The lowest BCUT2D eigenvalue weighted by molar-refractivity contribution is -0.134. The number of benzene rings is 1. The molecule has 0 bridgehead atoms. The molecule has 0 radical (unpaired) electrons. The monoisotopic (exact) mass is 281 g/mol. The topological polar surface area (TPSA) is 46.6 Å². The second-order valence-corrected chi connectivity index (χ2v) is 4.91. The van der Waals surface area contributed by atoms with E-state index in [1.807, 2.05) is 0 Å². The Kier molecular flexibility index (Phi) is 4.80. The average Bonchev–Trinajstić information content (AvgIpc) is 2.39. The highest BCUT2D eigenvalue weighted by molar-refractivity contribution is 6.30. The third kappa shape index (κ3) is 4.24. The van der Waals surface area contributed by atoms with Crippen molar-refractivity contribution in [3.05, 3.63) is 29.3 Å². The first kappa shape index (κ1) is 13.9. The number of hydrogen-bond acceptors (Lipinski definition) is 3. The van der Waals surface area contributed by atoms with Gasteiger partial charge < -0.3 is 9.64 Å². The number of piperidine rings is 1. The van der Waals surface area contributed by atoms with Gasteiger partial charge in [-0.25, -0.2) is 0 Å². The number of rotatable bonds is 4. The maximum absolute atomic E-state index is 11.9. The number of nitrogens with zero attached hydrogens (tertiary/aromatic N) is 1. The van der Waals surface area contributed by atoms with Crippen molar-refractivity contribution in [2.45, 2.75) is 19.3 Å². The number of carbonyl (C=O) groups excluding carboxylic acids is 2. The minimum Gasteiger partial charge on any atom is -0.493 e. The molecule has 0 unspecified atom stereocenters. The molecular weight excluding hydrogens is 266 g/mol. The van der Waals surface area contributed by atoms with E-state index >= 15 is 0 Å². The highest BCUT2D eigenvalue weighted by Crippen LogP contribution is 2.17. The number of amides is 1. The Labute approximate surface area is 117 Å². The molecule has 1 fully saturated rings. The van der Waals surface area contributed by atoms with Crippen LogP contribution in [-0.4, -0.2) is 36.3 Å². The summed E-state index contributed by atoms with van der Waals surface area (Å²) in [5.41, 5.74) is 0. The Morgan fingerprint density at radius 1 is 1.32 bits per heavy atom. The molecule has 0 aliphatic carbocycles. The lowest BCUT2D eigenvalue weighted by Gasteiger charge is -2.26. The van der Waals surface area contributed by atoms with Crippen LogP contribution < -0.4 is 4.74 Å². The van der Waals surface area contributed by atoms with Crippen LogP contribution in [0.1, 0.15) is 19.3 Å². The zero-order chi connectivity index (χ0) is 13.7.